The van der Waals surface area contributed by atoms with Gasteiger partial charge in [-0.05, 0) is 0 Å². The number of ether oxygens (including phenoxy) is 5. The van der Waals surface area contributed by atoms with Crippen LogP contribution in [-0.4, -0.2) is 67.1 Å². The van der Waals surface area contributed by atoms with E-state index >= 15 is 0 Å². The quantitative estimate of drug-likeness (QED) is 0.142. The highest BCUT2D eigenvalue weighted by Gasteiger charge is 2.38. The molecule has 1 saturated heterocycles. The zero-order valence-corrected chi connectivity index (χ0v) is 22.9. The minimum Gasteiger partial charge on any atom is -0.496 e. The molecule has 1 aromatic heterocycles. The molecule has 1 unspecified atom stereocenters. The molecule has 1 fully saturated rings. The van der Waals surface area contributed by atoms with E-state index in [1.807, 2.05) is 0 Å². The molecule has 1 aliphatic heterocycles. The van der Waals surface area contributed by atoms with E-state index < -0.39 is 37.9 Å². The molecule has 4 N–H and O–H groups in total. The molecular weight excluding hydrogens is 541 g/mol. The van der Waals surface area contributed by atoms with Crippen LogP contribution in [0.15, 0.2) is 27.9 Å². The third-order valence-electron chi connectivity index (χ3n) is 5.58. The molecule has 1 aliphatic rings. The minimum atomic E-state index is -3.21. The Bertz CT molecular complexity index is 1280. The molecule has 2 aromatic rings. The van der Waals surface area contributed by atoms with Crippen molar-refractivity contribution in [2.75, 3.05) is 40.4 Å². The Morgan fingerprint density at radius 2 is 1.95 bits per heavy atom. The van der Waals surface area contributed by atoms with Crippen LogP contribution < -0.4 is 31.2 Å². The van der Waals surface area contributed by atoms with Crippen LogP contribution in [0.2, 0.25) is 0 Å². The second kappa shape index (κ2) is 14.4. The van der Waals surface area contributed by atoms with Crippen LogP contribution in [0.3, 0.4) is 0 Å². The summed E-state index contributed by atoms with van der Waals surface area (Å²) in [6.45, 7) is -0.182. The summed E-state index contributed by atoms with van der Waals surface area (Å²) >= 11 is 1.44. The minimum absolute atomic E-state index is 0.0418. The van der Waals surface area contributed by atoms with Crippen LogP contribution in [0.25, 0.3) is 0 Å². The highest BCUT2D eigenvalue weighted by atomic mass is 32.2. The monoisotopic (exact) mass is 571 g/mol. The van der Waals surface area contributed by atoms with Crippen LogP contribution in [0, 0.1) is 11.8 Å². The molecule has 3 rings (SSSR count). The summed E-state index contributed by atoms with van der Waals surface area (Å²) in [6.07, 6.45) is -0.647. The van der Waals surface area contributed by atoms with Crippen LogP contribution >= 0.6 is 20.0 Å². The van der Waals surface area contributed by atoms with Gasteiger partial charge in [0.05, 0.1) is 46.5 Å². The first-order valence-corrected chi connectivity index (χ1v) is 13.8. The third kappa shape index (κ3) is 7.64. The molecule has 0 radical (unpaired) electrons. The van der Waals surface area contributed by atoms with Gasteiger partial charge in [-0.2, -0.15) is 0 Å². The Balaban J connectivity index is 1.72. The number of thioether (sulfide) groups is 1. The standard InChI is InChI=1S/C23H30N3O10PS/c1-31-15-7-17(32-2)16(18(8-15)33-3)12-38-13-34-19-9-21(36-20(19)11-35-37(29)30)26-10-14(5-4-6-24)22(27)25-23(26)28/h7-8,10,19-21,37H,6,9,11-13,24H2,1-3H3,(H,29,30)(H,25,27,28)/t19-,20+,21+/m0/s1. The van der Waals surface area contributed by atoms with Crippen molar-refractivity contribution in [3.63, 3.8) is 0 Å². The lowest BCUT2D eigenvalue weighted by molar-refractivity contribution is -0.0510. The average molecular weight is 572 g/mol. The largest absolute Gasteiger partial charge is 0.496 e. The third-order valence-corrected chi connectivity index (χ3v) is 6.79. The van der Waals surface area contributed by atoms with Gasteiger partial charge in [0, 0.05) is 36.1 Å². The van der Waals surface area contributed by atoms with E-state index in [0.717, 1.165) is 5.56 Å². The van der Waals surface area contributed by atoms with Crippen molar-refractivity contribution >= 4 is 20.0 Å². The summed E-state index contributed by atoms with van der Waals surface area (Å²) in [4.78, 5) is 35.9. The number of nitrogens with two attached hydrogens (primary N) is 1. The summed E-state index contributed by atoms with van der Waals surface area (Å²) in [7, 11) is 1.45. The Hall–Kier alpha value is -2.76. The molecule has 0 spiro atoms. The Morgan fingerprint density at radius 1 is 1.24 bits per heavy atom. The summed E-state index contributed by atoms with van der Waals surface area (Å²) in [6, 6.07) is 3.51. The van der Waals surface area contributed by atoms with Gasteiger partial charge in [-0.3, -0.25) is 18.9 Å². The lowest BCUT2D eigenvalue weighted by Gasteiger charge is -2.19. The maximum absolute atomic E-state index is 12.5. The number of nitrogens with zero attached hydrogens (tertiary/aromatic N) is 1. The zero-order chi connectivity index (χ0) is 27.7. The Morgan fingerprint density at radius 3 is 2.55 bits per heavy atom. The Kier molecular flexibility index (Phi) is 11.3. The smallest absolute Gasteiger partial charge is 0.330 e. The predicted molar refractivity (Wildman–Crippen MR) is 140 cm³/mol. The van der Waals surface area contributed by atoms with Gasteiger partial charge in [-0.1, -0.05) is 11.8 Å². The average Bonchev–Trinajstić information content (AvgIpc) is 3.31. The molecule has 0 aliphatic carbocycles. The van der Waals surface area contributed by atoms with Gasteiger partial charge in [0.25, 0.3) is 5.56 Å². The van der Waals surface area contributed by atoms with Gasteiger partial charge in [0.1, 0.15) is 35.1 Å². The fourth-order valence-electron chi connectivity index (χ4n) is 3.78. The number of rotatable bonds is 12. The molecule has 0 bridgehead atoms. The second-order valence-corrected chi connectivity index (χ2v) is 9.59. The van der Waals surface area contributed by atoms with E-state index in [0.29, 0.717) is 23.0 Å². The van der Waals surface area contributed by atoms with Gasteiger partial charge >= 0.3 is 13.9 Å². The first kappa shape index (κ1) is 29.8. The first-order valence-electron chi connectivity index (χ1n) is 11.3. The van der Waals surface area contributed by atoms with E-state index in [1.165, 1.54) is 22.5 Å². The number of nitrogens with one attached hydrogen (secondary N) is 1. The van der Waals surface area contributed by atoms with Crippen molar-refractivity contribution in [2.45, 2.75) is 30.6 Å². The van der Waals surface area contributed by atoms with E-state index in [2.05, 4.69) is 16.8 Å². The summed E-state index contributed by atoms with van der Waals surface area (Å²) in [5, 5.41) is 0. The van der Waals surface area contributed by atoms with Crippen LogP contribution in [0.1, 0.15) is 23.8 Å². The first-order chi connectivity index (χ1) is 18.3. The van der Waals surface area contributed by atoms with Crippen molar-refractivity contribution < 1.29 is 37.7 Å². The summed E-state index contributed by atoms with van der Waals surface area (Å²) < 4.78 is 45.4. The van der Waals surface area contributed by atoms with Gasteiger partial charge in [0.15, 0.2) is 0 Å². The molecule has 208 valence electrons. The van der Waals surface area contributed by atoms with Crippen molar-refractivity contribution in [1.29, 1.82) is 0 Å². The van der Waals surface area contributed by atoms with Gasteiger partial charge < -0.3 is 38.8 Å². The Labute approximate surface area is 223 Å². The van der Waals surface area contributed by atoms with Crippen molar-refractivity contribution in [3.05, 3.63) is 50.3 Å². The number of methoxy groups -OCH3 is 3. The van der Waals surface area contributed by atoms with E-state index in [4.69, 9.17) is 38.8 Å². The molecular formula is C23H30N3O10PS. The fraction of sp³-hybridized carbons (Fsp3) is 0.478. The van der Waals surface area contributed by atoms with Crippen molar-refractivity contribution in [1.82, 2.24) is 9.55 Å². The molecule has 13 nitrogen and oxygen atoms in total. The molecule has 0 amide bonds. The number of aromatic nitrogens is 2. The van der Waals surface area contributed by atoms with E-state index in [1.54, 1.807) is 33.5 Å². The fourth-order valence-corrected chi connectivity index (χ4v) is 4.93. The van der Waals surface area contributed by atoms with Gasteiger partial charge in [-0.25, -0.2) is 4.79 Å². The highest BCUT2D eigenvalue weighted by Crippen LogP contribution is 2.37. The normalized spacial score (nSPS) is 19.4. The molecule has 0 saturated carbocycles. The number of hydrogen-bond acceptors (Lipinski definition) is 11. The zero-order valence-electron chi connectivity index (χ0n) is 21.1. The van der Waals surface area contributed by atoms with E-state index in [-0.39, 0.29) is 31.1 Å². The predicted octanol–water partition coefficient (Wildman–Crippen LogP) is 0.835. The van der Waals surface area contributed by atoms with Crippen LogP contribution in [-0.2, 0) is 24.3 Å². The molecule has 38 heavy (non-hydrogen) atoms. The van der Waals surface area contributed by atoms with Gasteiger partial charge in [0.2, 0.25) is 0 Å². The van der Waals surface area contributed by atoms with Crippen molar-refractivity contribution in [2.24, 2.45) is 5.73 Å². The summed E-state index contributed by atoms with van der Waals surface area (Å²) in [5.41, 5.74) is 4.91. The molecule has 4 atom stereocenters. The molecule has 15 heteroatoms. The maximum atomic E-state index is 12.5. The number of aromatic amines is 1. The topological polar surface area (TPSA) is 174 Å². The maximum Gasteiger partial charge on any atom is 0.330 e. The number of benzene rings is 1. The number of hydrogen-bond donors (Lipinski definition) is 3. The van der Waals surface area contributed by atoms with E-state index in [9.17, 15) is 14.2 Å². The lowest BCUT2D eigenvalue weighted by atomic mass is 10.2. The van der Waals surface area contributed by atoms with Crippen LogP contribution in [0.4, 0.5) is 0 Å². The highest BCUT2D eigenvalue weighted by molar-refractivity contribution is 7.98. The summed E-state index contributed by atoms with van der Waals surface area (Å²) in [5.74, 6) is 7.69. The SMILES string of the molecule is COc1cc(OC)c(CSCO[C@H]2C[C@H](n3cc(C#CCN)c(=O)[nH]c3=O)O[C@@H]2CO[PH](=O)O)c(OC)c1. The van der Waals surface area contributed by atoms with Crippen LogP contribution in [0.5, 0.6) is 17.2 Å². The molecule has 2 heterocycles. The van der Waals surface area contributed by atoms with Gasteiger partial charge in [-0.15, -0.1) is 11.8 Å². The second-order valence-electron chi connectivity index (χ2n) is 7.84. The number of H-pyrrole nitrogens is 1. The lowest BCUT2D eigenvalue weighted by Crippen LogP contribution is -2.33. The van der Waals surface area contributed by atoms with Crippen molar-refractivity contribution in [3.8, 4) is 29.1 Å². The molecule has 1 aromatic carbocycles.